The van der Waals surface area contributed by atoms with Crippen LogP contribution >= 0.6 is 27.5 Å². The highest BCUT2D eigenvalue weighted by atomic mass is 79.9. The number of hydrogen-bond donors (Lipinski definition) is 0. The molecule has 1 rings (SSSR count). The van der Waals surface area contributed by atoms with Crippen LogP contribution in [0.3, 0.4) is 0 Å². The van der Waals surface area contributed by atoms with E-state index in [2.05, 4.69) is 41.9 Å². The Morgan fingerprint density at radius 2 is 1.62 bits per heavy atom. The largest absolute Gasteiger partial charge is 0.122 e. The van der Waals surface area contributed by atoms with Crippen molar-refractivity contribution in [2.45, 2.75) is 32.6 Å². The average molecular weight is 262 g/mol. The van der Waals surface area contributed by atoms with E-state index in [1.165, 1.54) is 21.2 Å². The molecule has 0 aromatic heterocycles. The third kappa shape index (κ3) is 2.47. The van der Waals surface area contributed by atoms with E-state index in [9.17, 15) is 0 Å². The van der Waals surface area contributed by atoms with Crippen LogP contribution in [0.5, 0.6) is 0 Å². The molecule has 0 N–H and O–H groups in total. The molecule has 0 amide bonds. The molecule has 0 fully saturated rings. The molecule has 2 heteroatoms. The fraction of sp³-hybridized carbons (Fsp3) is 0.455. The maximum atomic E-state index is 5.82. The van der Waals surface area contributed by atoms with Gasteiger partial charge in [-0.25, -0.2) is 0 Å². The fourth-order valence-corrected chi connectivity index (χ4v) is 2.36. The van der Waals surface area contributed by atoms with Crippen LogP contribution in [-0.4, -0.2) is 0 Å². The summed E-state index contributed by atoms with van der Waals surface area (Å²) in [6.45, 7) is 4.33. The lowest BCUT2D eigenvalue weighted by Crippen LogP contribution is -1.93. The van der Waals surface area contributed by atoms with Crippen LogP contribution in [0, 0.1) is 0 Å². The topological polar surface area (TPSA) is 0 Å². The summed E-state index contributed by atoms with van der Waals surface area (Å²) in [5.74, 6) is 0.604. The van der Waals surface area contributed by atoms with Crippen LogP contribution < -0.4 is 0 Å². The molecule has 0 saturated carbocycles. The van der Waals surface area contributed by atoms with E-state index in [4.69, 9.17) is 11.6 Å². The Labute approximate surface area is 93.4 Å². The van der Waals surface area contributed by atoms with Crippen molar-refractivity contribution < 1.29 is 0 Å². The van der Waals surface area contributed by atoms with E-state index < -0.39 is 0 Å². The third-order valence-corrected chi connectivity index (χ3v) is 3.53. The lowest BCUT2D eigenvalue weighted by Gasteiger charge is -2.09. The molecule has 0 aliphatic heterocycles. The van der Waals surface area contributed by atoms with E-state index in [0.717, 1.165) is 12.8 Å². The lowest BCUT2D eigenvalue weighted by molar-refractivity contribution is 1.05. The van der Waals surface area contributed by atoms with Crippen LogP contribution in [0.1, 0.15) is 30.5 Å². The maximum Gasteiger partial charge on any atom is 0.0474 e. The molecule has 0 atom stereocenters. The normalized spacial score (nSPS) is 10.5. The smallest absolute Gasteiger partial charge is 0.0474 e. The van der Waals surface area contributed by atoms with Gasteiger partial charge in [0.2, 0.25) is 0 Å². The summed E-state index contributed by atoms with van der Waals surface area (Å²) in [5.41, 5.74) is 3.93. The first kappa shape index (κ1) is 11.1. The van der Waals surface area contributed by atoms with Gasteiger partial charge in [0.15, 0.2) is 0 Å². The zero-order valence-corrected chi connectivity index (χ0v) is 10.4. The second-order valence-electron chi connectivity index (χ2n) is 3.07. The molecule has 0 heterocycles. The number of hydrogen-bond acceptors (Lipinski definition) is 0. The van der Waals surface area contributed by atoms with Crippen molar-refractivity contribution in [2.24, 2.45) is 0 Å². The van der Waals surface area contributed by atoms with Gasteiger partial charge in [-0.15, -0.1) is 11.6 Å². The minimum absolute atomic E-state index is 0.604. The van der Waals surface area contributed by atoms with Crippen LogP contribution in [0.4, 0.5) is 0 Å². The Hall–Kier alpha value is -0.0100. The second-order valence-corrected chi connectivity index (χ2v) is 4.13. The van der Waals surface area contributed by atoms with Crippen LogP contribution in [0.2, 0.25) is 0 Å². The van der Waals surface area contributed by atoms with E-state index in [0.29, 0.717) is 5.88 Å². The first-order valence-electron chi connectivity index (χ1n) is 4.59. The molecule has 0 aliphatic carbocycles. The van der Waals surface area contributed by atoms with Crippen LogP contribution in [-0.2, 0) is 18.7 Å². The monoisotopic (exact) mass is 260 g/mol. The van der Waals surface area contributed by atoms with Gasteiger partial charge < -0.3 is 0 Å². The molecule has 0 spiro atoms. The van der Waals surface area contributed by atoms with Gasteiger partial charge in [-0.2, -0.15) is 0 Å². The highest BCUT2D eigenvalue weighted by Crippen LogP contribution is 2.25. The minimum Gasteiger partial charge on any atom is -0.122 e. The molecule has 0 bridgehead atoms. The van der Waals surface area contributed by atoms with E-state index in [-0.39, 0.29) is 0 Å². The summed E-state index contributed by atoms with van der Waals surface area (Å²) in [4.78, 5) is 0. The van der Waals surface area contributed by atoms with Crippen molar-refractivity contribution in [2.75, 3.05) is 0 Å². The number of rotatable bonds is 3. The predicted octanol–water partition coefficient (Wildman–Crippen LogP) is 4.31. The molecule has 0 aliphatic rings. The highest BCUT2D eigenvalue weighted by Gasteiger charge is 2.05. The first-order valence-corrected chi connectivity index (χ1v) is 5.91. The van der Waals surface area contributed by atoms with Gasteiger partial charge in [-0.1, -0.05) is 41.9 Å². The van der Waals surface area contributed by atoms with Gasteiger partial charge in [-0.05, 0) is 29.5 Å². The molecule has 13 heavy (non-hydrogen) atoms. The fourth-order valence-electron chi connectivity index (χ4n) is 1.41. The standard InChI is InChI=1S/C11H14BrCl/c1-3-9-5-8(7-13)6-10(4-2)11(9)12/h5-6H,3-4,7H2,1-2H3. The molecule has 0 radical (unpaired) electrons. The Kier molecular flexibility index (Phi) is 4.27. The average Bonchev–Trinajstić information content (AvgIpc) is 2.18. The Bertz CT molecular complexity index is 269. The summed E-state index contributed by atoms with van der Waals surface area (Å²) >= 11 is 9.44. The van der Waals surface area contributed by atoms with E-state index >= 15 is 0 Å². The van der Waals surface area contributed by atoms with Crippen molar-refractivity contribution >= 4 is 27.5 Å². The summed E-state index contributed by atoms with van der Waals surface area (Å²) in [5, 5.41) is 0. The van der Waals surface area contributed by atoms with Crippen molar-refractivity contribution in [1.82, 2.24) is 0 Å². The highest BCUT2D eigenvalue weighted by molar-refractivity contribution is 9.10. The van der Waals surface area contributed by atoms with Crippen molar-refractivity contribution in [3.05, 3.63) is 33.3 Å². The number of halogens is 2. The van der Waals surface area contributed by atoms with Crippen molar-refractivity contribution in [3.63, 3.8) is 0 Å². The molecular formula is C11H14BrCl. The molecule has 0 unspecified atom stereocenters. The molecule has 0 saturated heterocycles. The first-order chi connectivity index (χ1) is 6.22. The molecule has 1 aromatic rings. The maximum absolute atomic E-state index is 5.82. The van der Waals surface area contributed by atoms with Gasteiger partial charge in [0.05, 0.1) is 0 Å². The molecule has 0 nitrogen and oxygen atoms in total. The molecular weight excluding hydrogens is 247 g/mol. The SMILES string of the molecule is CCc1cc(CCl)cc(CC)c1Br. The third-order valence-electron chi connectivity index (χ3n) is 2.20. The second kappa shape index (κ2) is 5.02. The number of benzene rings is 1. The minimum atomic E-state index is 0.604. The quantitative estimate of drug-likeness (QED) is 0.711. The summed E-state index contributed by atoms with van der Waals surface area (Å²) in [6.07, 6.45) is 2.11. The summed E-state index contributed by atoms with van der Waals surface area (Å²) in [7, 11) is 0. The zero-order valence-electron chi connectivity index (χ0n) is 8.03. The van der Waals surface area contributed by atoms with Crippen molar-refractivity contribution in [3.8, 4) is 0 Å². The molecule has 1 aromatic carbocycles. The van der Waals surface area contributed by atoms with Gasteiger partial charge >= 0.3 is 0 Å². The summed E-state index contributed by atoms with van der Waals surface area (Å²) in [6, 6.07) is 4.35. The van der Waals surface area contributed by atoms with E-state index in [1.54, 1.807) is 0 Å². The van der Waals surface area contributed by atoms with Gasteiger partial charge in [0, 0.05) is 10.4 Å². The lowest BCUT2D eigenvalue weighted by atomic mass is 10.0. The Balaban J connectivity index is 3.20. The zero-order chi connectivity index (χ0) is 9.84. The van der Waals surface area contributed by atoms with Gasteiger partial charge in [0.1, 0.15) is 0 Å². The number of alkyl halides is 1. The van der Waals surface area contributed by atoms with Gasteiger partial charge in [0.25, 0.3) is 0 Å². The van der Waals surface area contributed by atoms with Crippen LogP contribution in [0.15, 0.2) is 16.6 Å². The Morgan fingerprint density at radius 1 is 1.15 bits per heavy atom. The molecule has 72 valence electrons. The Morgan fingerprint density at radius 3 is 1.92 bits per heavy atom. The van der Waals surface area contributed by atoms with E-state index in [1.807, 2.05) is 0 Å². The summed E-state index contributed by atoms with van der Waals surface area (Å²) < 4.78 is 1.26. The predicted molar refractivity (Wildman–Crippen MR) is 62.5 cm³/mol. The van der Waals surface area contributed by atoms with Crippen LogP contribution in [0.25, 0.3) is 0 Å². The van der Waals surface area contributed by atoms with Crippen molar-refractivity contribution in [1.29, 1.82) is 0 Å². The number of aryl methyl sites for hydroxylation is 2. The van der Waals surface area contributed by atoms with Gasteiger partial charge in [-0.3, -0.25) is 0 Å².